The van der Waals surface area contributed by atoms with E-state index in [4.69, 9.17) is 0 Å². The lowest BCUT2D eigenvalue weighted by molar-refractivity contribution is 0.477. The van der Waals surface area contributed by atoms with Gasteiger partial charge in [0.25, 0.3) is 0 Å². The number of aromatic nitrogens is 2. The molecule has 1 aliphatic heterocycles. The van der Waals surface area contributed by atoms with Gasteiger partial charge in [-0.25, -0.2) is 13.4 Å². The Balaban J connectivity index is 1.58. The minimum Gasteiger partial charge on any atom is -0.345 e. The Morgan fingerprint density at radius 3 is 2.46 bits per heavy atom. The van der Waals surface area contributed by atoms with Crippen molar-refractivity contribution in [2.45, 2.75) is 17.7 Å². The number of aromatic amines is 1. The van der Waals surface area contributed by atoms with Gasteiger partial charge < -0.3 is 4.98 Å². The van der Waals surface area contributed by atoms with E-state index in [0.29, 0.717) is 18.0 Å². The van der Waals surface area contributed by atoms with Crippen LogP contribution in [0.5, 0.6) is 0 Å². The fourth-order valence-electron chi connectivity index (χ4n) is 3.83. The molecule has 1 fully saturated rings. The molecule has 0 spiro atoms. The van der Waals surface area contributed by atoms with Crippen molar-refractivity contribution in [1.29, 1.82) is 0 Å². The van der Waals surface area contributed by atoms with Gasteiger partial charge >= 0.3 is 0 Å². The lowest BCUT2D eigenvalue weighted by Crippen LogP contribution is -2.27. The molecule has 28 heavy (non-hydrogen) atoms. The van der Waals surface area contributed by atoms with Crippen LogP contribution in [0, 0.1) is 0 Å². The number of nitrogens with zero attached hydrogens (tertiary/aromatic N) is 2. The third-order valence-corrected chi connectivity index (χ3v) is 7.87. The van der Waals surface area contributed by atoms with Gasteiger partial charge in [-0.15, -0.1) is 0 Å². The highest BCUT2D eigenvalue weighted by atomic mass is 32.2. The van der Waals surface area contributed by atoms with Gasteiger partial charge in [0.1, 0.15) is 5.65 Å². The van der Waals surface area contributed by atoms with Crippen LogP contribution in [0.1, 0.15) is 12.8 Å². The Hall–Kier alpha value is -2.48. The highest BCUT2D eigenvalue weighted by molar-refractivity contribution is 7.89. The summed E-state index contributed by atoms with van der Waals surface area (Å²) in [6, 6.07) is 11.3. The van der Waals surface area contributed by atoms with E-state index in [1.54, 1.807) is 34.0 Å². The van der Waals surface area contributed by atoms with E-state index in [1.165, 1.54) is 0 Å². The van der Waals surface area contributed by atoms with Crippen molar-refractivity contribution in [2.24, 2.45) is 0 Å². The van der Waals surface area contributed by atoms with Gasteiger partial charge in [0, 0.05) is 36.4 Å². The number of H-pyrrole nitrogens is 1. The average Bonchev–Trinajstić information content (AvgIpc) is 3.49. The van der Waals surface area contributed by atoms with E-state index in [2.05, 4.69) is 26.8 Å². The first kappa shape index (κ1) is 17.6. The van der Waals surface area contributed by atoms with Crippen molar-refractivity contribution >= 4 is 32.4 Å². The molecule has 5 rings (SSSR count). The van der Waals surface area contributed by atoms with Crippen LogP contribution in [-0.4, -0.2) is 35.8 Å². The summed E-state index contributed by atoms with van der Waals surface area (Å²) in [5.74, 6) is 0. The van der Waals surface area contributed by atoms with Crippen LogP contribution in [0.2, 0.25) is 0 Å². The lowest BCUT2D eigenvalue weighted by Gasteiger charge is -2.15. The molecule has 142 valence electrons. The zero-order valence-electron chi connectivity index (χ0n) is 15.1. The fraction of sp³-hybridized carbons (Fsp3) is 0.190. The second-order valence-electron chi connectivity index (χ2n) is 6.93. The van der Waals surface area contributed by atoms with E-state index in [0.717, 1.165) is 46.1 Å². The molecule has 0 amide bonds. The predicted molar refractivity (Wildman–Crippen MR) is 113 cm³/mol. The van der Waals surface area contributed by atoms with Crippen molar-refractivity contribution in [2.75, 3.05) is 13.1 Å². The molecule has 0 bridgehead atoms. The van der Waals surface area contributed by atoms with E-state index < -0.39 is 10.0 Å². The topological polar surface area (TPSA) is 66.1 Å². The normalized spacial score (nSPS) is 15.4. The molecular weight excluding hydrogens is 390 g/mol. The van der Waals surface area contributed by atoms with Crippen LogP contribution in [-0.2, 0) is 10.0 Å². The third kappa shape index (κ3) is 2.87. The summed E-state index contributed by atoms with van der Waals surface area (Å²) in [7, 11) is -3.40. The number of pyridine rings is 1. The first-order chi connectivity index (χ1) is 13.6. The molecule has 0 unspecified atom stereocenters. The van der Waals surface area contributed by atoms with Crippen LogP contribution < -0.4 is 0 Å². The van der Waals surface area contributed by atoms with Crippen LogP contribution in [0.25, 0.3) is 33.3 Å². The zero-order valence-corrected chi connectivity index (χ0v) is 16.8. The van der Waals surface area contributed by atoms with E-state index >= 15 is 0 Å². The number of rotatable bonds is 4. The third-order valence-electron chi connectivity index (χ3n) is 5.27. The summed E-state index contributed by atoms with van der Waals surface area (Å²) in [4.78, 5) is 8.05. The average molecular weight is 410 g/mol. The Bertz CT molecular complexity index is 1220. The minimum atomic E-state index is -3.40. The van der Waals surface area contributed by atoms with Gasteiger partial charge in [0.15, 0.2) is 0 Å². The maximum absolute atomic E-state index is 12.8. The van der Waals surface area contributed by atoms with Gasteiger partial charge in [-0.1, -0.05) is 12.1 Å². The Morgan fingerprint density at radius 2 is 1.75 bits per heavy atom. The second-order valence-corrected chi connectivity index (χ2v) is 9.65. The van der Waals surface area contributed by atoms with Crippen LogP contribution >= 0.6 is 11.3 Å². The first-order valence-electron chi connectivity index (χ1n) is 9.24. The monoisotopic (exact) mass is 409 g/mol. The molecule has 1 aliphatic rings. The molecular formula is C21H19N3O2S2. The molecule has 0 aliphatic carbocycles. The minimum absolute atomic E-state index is 0.356. The predicted octanol–water partition coefficient (Wildman–Crippen LogP) is 4.74. The number of hydrogen-bond acceptors (Lipinski definition) is 4. The van der Waals surface area contributed by atoms with E-state index in [1.807, 2.05) is 24.4 Å². The highest BCUT2D eigenvalue weighted by Gasteiger charge is 2.27. The number of nitrogens with one attached hydrogen (secondary N) is 1. The summed E-state index contributed by atoms with van der Waals surface area (Å²) >= 11 is 1.66. The van der Waals surface area contributed by atoms with E-state index in [-0.39, 0.29) is 0 Å². The summed E-state index contributed by atoms with van der Waals surface area (Å²) in [6.45, 7) is 1.23. The summed E-state index contributed by atoms with van der Waals surface area (Å²) in [5, 5.41) is 5.24. The quantitative estimate of drug-likeness (QED) is 0.529. The molecule has 1 saturated heterocycles. The summed E-state index contributed by atoms with van der Waals surface area (Å²) in [5.41, 5.74) is 5.10. The molecule has 0 atom stereocenters. The molecule has 4 aromatic rings. The maximum atomic E-state index is 12.8. The Labute approximate surface area is 167 Å². The van der Waals surface area contributed by atoms with Crippen LogP contribution in [0.4, 0.5) is 0 Å². The van der Waals surface area contributed by atoms with Crippen molar-refractivity contribution in [3.63, 3.8) is 0 Å². The van der Waals surface area contributed by atoms with Gasteiger partial charge in [-0.2, -0.15) is 15.6 Å². The van der Waals surface area contributed by atoms with Gasteiger partial charge in [-0.3, -0.25) is 0 Å². The highest BCUT2D eigenvalue weighted by Crippen LogP contribution is 2.36. The number of benzene rings is 1. The summed E-state index contributed by atoms with van der Waals surface area (Å²) in [6.07, 6.45) is 5.62. The standard InChI is InChI=1S/C21H19N3O2S2/c25-28(26,24-10-1-2-11-24)17-5-3-15(4-6-17)19-13-23-21-20(19)18(7-9-22-21)16-8-12-27-14-16/h3-9,12-14H,1-2,10-11H2,(H,22,23). The first-order valence-corrected chi connectivity index (χ1v) is 11.6. The molecule has 7 heteroatoms. The Kier molecular flexibility index (Phi) is 4.30. The van der Waals surface area contributed by atoms with Crippen molar-refractivity contribution in [1.82, 2.24) is 14.3 Å². The number of sulfonamides is 1. The van der Waals surface area contributed by atoms with Gasteiger partial charge in [0.2, 0.25) is 10.0 Å². The largest absolute Gasteiger partial charge is 0.345 e. The molecule has 0 saturated carbocycles. The van der Waals surface area contributed by atoms with Gasteiger partial charge in [0.05, 0.1) is 4.90 Å². The van der Waals surface area contributed by atoms with Crippen molar-refractivity contribution in [3.05, 3.63) is 59.6 Å². The summed E-state index contributed by atoms with van der Waals surface area (Å²) < 4.78 is 27.1. The molecule has 5 nitrogen and oxygen atoms in total. The maximum Gasteiger partial charge on any atom is 0.243 e. The number of hydrogen-bond donors (Lipinski definition) is 1. The van der Waals surface area contributed by atoms with Gasteiger partial charge in [-0.05, 0) is 64.6 Å². The van der Waals surface area contributed by atoms with Crippen LogP contribution in [0.15, 0.2) is 64.4 Å². The fourth-order valence-corrected chi connectivity index (χ4v) is 6.00. The van der Waals surface area contributed by atoms with Crippen molar-refractivity contribution < 1.29 is 8.42 Å². The van der Waals surface area contributed by atoms with Crippen molar-refractivity contribution in [3.8, 4) is 22.3 Å². The molecule has 0 radical (unpaired) electrons. The van der Waals surface area contributed by atoms with E-state index in [9.17, 15) is 8.42 Å². The molecule has 4 heterocycles. The number of fused-ring (bicyclic) bond motifs is 1. The molecule has 1 aromatic carbocycles. The smallest absolute Gasteiger partial charge is 0.243 e. The number of thiophene rings is 1. The van der Waals surface area contributed by atoms with Crippen LogP contribution in [0.3, 0.4) is 0 Å². The second kappa shape index (κ2) is 6.84. The zero-order chi connectivity index (χ0) is 19.1. The molecule has 1 N–H and O–H groups in total. The lowest BCUT2D eigenvalue weighted by atomic mass is 10.00. The Morgan fingerprint density at radius 1 is 0.964 bits per heavy atom. The molecule has 3 aromatic heterocycles. The SMILES string of the molecule is O=S(=O)(c1ccc(-c2c[nH]c3nccc(-c4ccsc4)c23)cc1)N1CCCC1.